The predicted octanol–water partition coefficient (Wildman–Crippen LogP) is 3.88. The van der Waals surface area contributed by atoms with Gasteiger partial charge in [0, 0.05) is 6.42 Å². The fraction of sp³-hybridized carbons (Fsp3) is 0.417. The van der Waals surface area contributed by atoms with Crippen LogP contribution in [0.1, 0.15) is 36.6 Å². The fourth-order valence-corrected chi connectivity index (χ4v) is 1.82. The molecule has 0 saturated carbocycles. The molecular formula is C12H15BrO. The van der Waals surface area contributed by atoms with E-state index >= 15 is 0 Å². The number of carbonyl (C=O) groups is 1. The molecular weight excluding hydrogens is 240 g/mol. The van der Waals surface area contributed by atoms with Crippen LogP contribution in [0.3, 0.4) is 0 Å². The topological polar surface area (TPSA) is 17.1 Å². The summed E-state index contributed by atoms with van der Waals surface area (Å²) in [6, 6.07) is 9.82. The van der Waals surface area contributed by atoms with Gasteiger partial charge in [0.05, 0.1) is 4.83 Å². The minimum absolute atomic E-state index is 0.129. The van der Waals surface area contributed by atoms with E-state index in [2.05, 4.69) is 22.9 Å². The molecule has 0 saturated heterocycles. The molecule has 0 N–H and O–H groups in total. The summed E-state index contributed by atoms with van der Waals surface area (Å²) in [6.07, 6.45) is 2.72. The van der Waals surface area contributed by atoms with Crippen LogP contribution >= 0.6 is 15.9 Å². The third kappa shape index (κ3) is 3.26. The third-order valence-electron chi connectivity index (χ3n) is 2.15. The van der Waals surface area contributed by atoms with Gasteiger partial charge in [-0.2, -0.15) is 0 Å². The first-order chi connectivity index (χ1) is 6.75. The molecule has 0 spiro atoms. The molecule has 1 aromatic rings. The lowest BCUT2D eigenvalue weighted by atomic mass is 10.1. The first kappa shape index (κ1) is 11.4. The van der Waals surface area contributed by atoms with Crippen LogP contribution in [0.5, 0.6) is 0 Å². The molecule has 0 fully saturated rings. The van der Waals surface area contributed by atoms with Crippen molar-refractivity contribution in [1.82, 2.24) is 0 Å². The Labute approximate surface area is 93.7 Å². The van der Waals surface area contributed by atoms with E-state index in [1.54, 1.807) is 0 Å². The highest BCUT2D eigenvalue weighted by molar-refractivity contribution is 9.09. The monoisotopic (exact) mass is 254 g/mol. The second kappa shape index (κ2) is 5.97. The molecule has 1 nitrogen and oxygen atoms in total. The Kier molecular flexibility index (Phi) is 4.88. The maximum absolute atomic E-state index is 11.7. The van der Waals surface area contributed by atoms with Crippen LogP contribution in [0.4, 0.5) is 0 Å². The number of ketones is 1. The summed E-state index contributed by atoms with van der Waals surface area (Å²) in [5.74, 6) is 0.276. The van der Waals surface area contributed by atoms with Gasteiger partial charge in [0.25, 0.3) is 0 Å². The molecule has 0 aliphatic heterocycles. The lowest BCUT2D eigenvalue weighted by molar-refractivity contribution is -0.118. The third-order valence-corrected chi connectivity index (χ3v) is 3.19. The molecule has 0 aliphatic carbocycles. The minimum Gasteiger partial charge on any atom is -0.298 e. The van der Waals surface area contributed by atoms with Crippen LogP contribution in [0, 0.1) is 0 Å². The molecule has 0 aliphatic rings. The number of alkyl halides is 1. The maximum atomic E-state index is 11.7. The van der Waals surface area contributed by atoms with Gasteiger partial charge in [-0.05, 0) is 12.0 Å². The zero-order chi connectivity index (χ0) is 10.4. The van der Waals surface area contributed by atoms with Gasteiger partial charge >= 0.3 is 0 Å². The molecule has 2 heteroatoms. The van der Waals surface area contributed by atoms with Crippen LogP contribution in [-0.2, 0) is 4.79 Å². The van der Waals surface area contributed by atoms with Crippen LogP contribution in [0.2, 0.25) is 0 Å². The summed E-state index contributed by atoms with van der Waals surface area (Å²) < 4.78 is 0. The van der Waals surface area contributed by atoms with Crippen LogP contribution in [-0.4, -0.2) is 5.78 Å². The van der Waals surface area contributed by atoms with Crippen molar-refractivity contribution in [2.24, 2.45) is 0 Å². The van der Waals surface area contributed by atoms with E-state index in [0.29, 0.717) is 6.42 Å². The Bertz CT molecular complexity index is 282. The zero-order valence-corrected chi connectivity index (χ0v) is 9.96. The summed E-state index contributed by atoms with van der Waals surface area (Å²) >= 11 is 3.43. The SMILES string of the molecule is CCCCC(=O)C(Br)c1ccccc1. The number of rotatable bonds is 5. The number of carbonyl (C=O) groups excluding carboxylic acids is 1. The largest absolute Gasteiger partial charge is 0.298 e. The van der Waals surface area contributed by atoms with Crippen molar-refractivity contribution in [3.8, 4) is 0 Å². The van der Waals surface area contributed by atoms with Gasteiger partial charge in [0.1, 0.15) is 0 Å². The lowest BCUT2D eigenvalue weighted by Crippen LogP contribution is -2.05. The smallest absolute Gasteiger partial charge is 0.150 e. The Morgan fingerprint density at radius 2 is 2.00 bits per heavy atom. The Morgan fingerprint density at radius 1 is 1.36 bits per heavy atom. The van der Waals surface area contributed by atoms with Crippen molar-refractivity contribution in [1.29, 1.82) is 0 Å². The van der Waals surface area contributed by atoms with Crippen LogP contribution in [0.15, 0.2) is 30.3 Å². The molecule has 0 amide bonds. The molecule has 0 heterocycles. The normalized spacial score (nSPS) is 12.4. The van der Waals surface area contributed by atoms with Crippen molar-refractivity contribution in [3.05, 3.63) is 35.9 Å². The second-order valence-corrected chi connectivity index (χ2v) is 4.26. The van der Waals surface area contributed by atoms with E-state index in [0.717, 1.165) is 18.4 Å². The number of halogens is 1. The summed E-state index contributed by atoms with van der Waals surface area (Å²) in [4.78, 5) is 11.5. The number of unbranched alkanes of at least 4 members (excludes halogenated alkanes) is 1. The standard InChI is InChI=1S/C12H15BrO/c1-2-3-9-11(14)12(13)10-7-5-4-6-8-10/h4-8,12H,2-3,9H2,1H3. The van der Waals surface area contributed by atoms with Gasteiger partial charge in [0.15, 0.2) is 5.78 Å². The summed E-state index contributed by atoms with van der Waals surface area (Å²) in [5, 5.41) is 0. The van der Waals surface area contributed by atoms with Crippen molar-refractivity contribution in [2.75, 3.05) is 0 Å². The first-order valence-corrected chi connectivity index (χ1v) is 5.89. The Hall–Kier alpha value is -0.630. The summed E-state index contributed by atoms with van der Waals surface area (Å²) in [7, 11) is 0. The average Bonchev–Trinajstić information content (AvgIpc) is 2.26. The fourth-order valence-electron chi connectivity index (χ4n) is 1.29. The molecule has 1 unspecified atom stereocenters. The highest BCUT2D eigenvalue weighted by Gasteiger charge is 2.15. The quantitative estimate of drug-likeness (QED) is 0.729. The summed E-state index contributed by atoms with van der Waals surface area (Å²) in [5.41, 5.74) is 1.05. The molecule has 1 aromatic carbocycles. The van der Waals surface area contributed by atoms with E-state index in [-0.39, 0.29) is 10.6 Å². The van der Waals surface area contributed by atoms with Crippen molar-refractivity contribution in [2.45, 2.75) is 31.0 Å². The number of hydrogen-bond donors (Lipinski definition) is 0. The van der Waals surface area contributed by atoms with E-state index in [9.17, 15) is 4.79 Å². The van der Waals surface area contributed by atoms with Crippen molar-refractivity contribution < 1.29 is 4.79 Å². The molecule has 0 radical (unpaired) electrons. The molecule has 1 rings (SSSR count). The Balaban J connectivity index is 2.57. The highest BCUT2D eigenvalue weighted by atomic mass is 79.9. The van der Waals surface area contributed by atoms with Gasteiger partial charge in [-0.1, -0.05) is 59.6 Å². The first-order valence-electron chi connectivity index (χ1n) is 4.97. The zero-order valence-electron chi connectivity index (χ0n) is 8.37. The minimum atomic E-state index is -0.129. The number of benzene rings is 1. The highest BCUT2D eigenvalue weighted by Crippen LogP contribution is 2.25. The average molecular weight is 255 g/mol. The van der Waals surface area contributed by atoms with Crippen LogP contribution < -0.4 is 0 Å². The van der Waals surface area contributed by atoms with E-state index in [4.69, 9.17) is 0 Å². The molecule has 1 atom stereocenters. The van der Waals surface area contributed by atoms with Gasteiger partial charge in [0.2, 0.25) is 0 Å². The van der Waals surface area contributed by atoms with Crippen LogP contribution in [0.25, 0.3) is 0 Å². The molecule has 0 bridgehead atoms. The van der Waals surface area contributed by atoms with Crippen molar-refractivity contribution in [3.63, 3.8) is 0 Å². The van der Waals surface area contributed by atoms with Gasteiger partial charge in [-0.25, -0.2) is 0 Å². The van der Waals surface area contributed by atoms with E-state index in [1.807, 2.05) is 30.3 Å². The van der Waals surface area contributed by atoms with Gasteiger partial charge in [-0.15, -0.1) is 0 Å². The Morgan fingerprint density at radius 3 is 2.57 bits per heavy atom. The van der Waals surface area contributed by atoms with Gasteiger partial charge < -0.3 is 0 Å². The number of Topliss-reactive ketones (excluding diaryl/α,β-unsaturated/α-hetero) is 1. The molecule has 14 heavy (non-hydrogen) atoms. The second-order valence-electron chi connectivity index (χ2n) is 3.34. The summed E-state index contributed by atoms with van der Waals surface area (Å²) in [6.45, 7) is 2.10. The predicted molar refractivity (Wildman–Crippen MR) is 62.6 cm³/mol. The van der Waals surface area contributed by atoms with Crippen molar-refractivity contribution >= 4 is 21.7 Å². The maximum Gasteiger partial charge on any atom is 0.150 e. The molecule has 76 valence electrons. The lowest BCUT2D eigenvalue weighted by Gasteiger charge is -2.08. The number of hydrogen-bond acceptors (Lipinski definition) is 1. The van der Waals surface area contributed by atoms with E-state index in [1.165, 1.54) is 0 Å². The van der Waals surface area contributed by atoms with E-state index < -0.39 is 0 Å². The van der Waals surface area contributed by atoms with Gasteiger partial charge in [-0.3, -0.25) is 4.79 Å². The molecule has 0 aromatic heterocycles.